The van der Waals surface area contributed by atoms with Gasteiger partial charge in [0.2, 0.25) is 0 Å². The second-order valence-corrected chi connectivity index (χ2v) is 14.5. The van der Waals surface area contributed by atoms with Gasteiger partial charge in [-0.25, -0.2) is 0 Å². The Morgan fingerprint density at radius 1 is 0.466 bits per heavy atom. The van der Waals surface area contributed by atoms with E-state index in [1.54, 1.807) is 24.3 Å². The maximum absolute atomic E-state index is 12.5. The summed E-state index contributed by atoms with van der Waals surface area (Å²) in [5.74, 6) is -0.919. The summed E-state index contributed by atoms with van der Waals surface area (Å²) in [6, 6.07) is 23.0. The van der Waals surface area contributed by atoms with Crippen LogP contribution in [0.5, 0.6) is 5.75 Å². The molecule has 24 heteroatoms. The molecule has 0 unspecified atom stereocenters. The summed E-state index contributed by atoms with van der Waals surface area (Å²) in [5.41, 5.74) is 31.1. The van der Waals surface area contributed by atoms with Gasteiger partial charge in [-0.1, -0.05) is 0 Å². The fraction of sp³-hybridized carbons (Fsp3) is 0. The molecule has 2 radical (unpaired) electrons. The Morgan fingerprint density at radius 2 is 0.810 bits per heavy atom. The molecular formula is C34H29LiN13NaO7S2. The van der Waals surface area contributed by atoms with Crippen molar-refractivity contribution in [2.24, 2.45) is 40.9 Å². The van der Waals surface area contributed by atoms with E-state index < -0.39 is 52.8 Å². The normalized spacial score (nSPS) is 12.1. The van der Waals surface area contributed by atoms with Crippen LogP contribution in [0.1, 0.15) is 0 Å². The van der Waals surface area contributed by atoms with Crippen LogP contribution in [-0.2, 0) is 20.2 Å². The van der Waals surface area contributed by atoms with E-state index in [0.717, 1.165) is 12.1 Å². The van der Waals surface area contributed by atoms with Crippen molar-refractivity contribution in [2.45, 2.75) is 9.79 Å². The van der Waals surface area contributed by atoms with E-state index in [-0.39, 0.29) is 70.6 Å². The van der Waals surface area contributed by atoms with Gasteiger partial charge in [0.25, 0.3) is 20.2 Å². The van der Waals surface area contributed by atoms with Gasteiger partial charge in [-0.15, -0.1) is 20.5 Å². The van der Waals surface area contributed by atoms with Crippen LogP contribution in [0, 0.1) is 0 Å². The molecular weight excluding hydrogens is 797 g/mol. The first-order valence-electron chi connectivity index (χ1n) is 15.7. The summed E-state index contributed by atoms with van der Waals surface area (Å²) in [5, 5.41) is 42.8. The van der Waals surface area contributed by atoms with Crippen molar-refractivity contribution >= 4 is 153 Å². The molecule has 0 saturated heterocycles. The van der Waals surface area contributed by atoms with Crippen LogP contribution in [0.25, 0.3) is 10.8 Å². The van der Waals surface area contributed by atoms with E-state index in [4.69, 9.17) is 28.7 Å². The predicted octanol–water partition coefficient (Wildman–Crippen LogP) is 7.85. The van der Waals surface area contributed by atoms with Crippen molar-refractivity contribution in [1.29, 1.82) is 0 Å². The van der Waals surface area contributed by atoms with Crippen LogP contribution >= 0.6 is 0 Å². The van der Waals surface area contributed by atoms with E-state index >= 15 is 0 Å². The Balaban J connectivity index is 0.00000372. The molecule has 0 aliphatic rings. The van der Waals surface area contributed by atoms with Gasteiger partial charge in [-0.05, 0) is 102 Å². The SMILES string of the molecule is Nc1ccc(N=Nc2ccc(N=Nc3c(S(=O)(=O)O)cc4cc(S(=O)(=O)O)c(N=Nc5ccc(N=Nc6ccc(N)cc6N)cc5)c(O)c4c3N)cc2)c(N)c1.[Li].[Na]. The zero-order valence-electron chi connectivity index (χ0n) is 30.5. The number of phenols is 1. The maximum Gasteiger partial charge on any atom is 0.296 e. The number of phenolic OH excluding ortho intramolecular Hbond substituents is 1. The van der Waals surface area contributed by atoms with Crippen LogP contribution < -0.4 is 28.7 Å². The molecule has 286 valence electrons. The fourth-order valence-electron chi connectivity index (χ4n) is 5.04. The predicted molar refractivity (Wildman–Crippen MR) is 221 cm³/mol. The van der Waals surface area contributed by atoms with E-state index in [1.165, 1.54) is 60.7 Å². The molecule has 0 saturated carbocycles. The number of hydrogen-bond acceptors (Lipinski definition) is 18. The number of rotatable bonds is 10. The van der Waals surface area contributed by atoms with E-state index in [2.05, 4.69) is 40.9 Å². The number of azo groups is 4. The summed E-state index contributed by atoms with van der Waals surface area (Å²) in [6.45, 7) is 0. The number of hydrogen-bond donors (Lipinski definition) is 8. The van der Waals surface area contributed by atoms with Crippen molar-refractivity contribution in [3.63, 3.8) is 0 Å². The van der Waals surface area contributed by atoms with Crippen molar-refractivity contribution < 1.29 is 31.0 Å². The number of nitrogens with zero attached hydrogens (tertiary/aromatic N) is 8. The number of anilines is 5. The van der Waals surface area contributed by atoms with Gasteiger partial charge in [0.05, 0.1) is 45.2 Å². The van der Waals surface area contributed by atoms with Gasteiger partial charge in [0, 0.05) is 59.8 Å². The Hall–Kier alpha value is -5.80. The fourth-order valence-corrected chi connectivity index (χ4v) is 6.37. The van der Waals surface area contributed by atoms with Gasteiger partial charge in [0.1, 0.15) is 32.5 Å². The third-order valence-electron chi connectivity index (χ3n) is 7.75. The largest absolute Gasteiger partial charge is 0.505 e. The third-order valence-corrected chi connectivity index (χ3v) is 9.48. The molecule has 0 fully saturated rings. The summed E-state index contributed by atoms with van der Waals surface area (Å²) in [7, 11) is -10.2. The van der Waals surface area contributed by atoms with Gasteiger partial charge < -0.3 is 33.8 Å². The van der Waals surface area contributed by atoms with Crippen LogP contribution in [0.4, 0.5) is 73.9 Å². The van der Waals surface area contributed by atoms with Gasteiger partial charge in [0.15, 0.2) is 5.75 Å². The second kappa shape index (κ2) is 18.2. The average molecular weight is 826 g/mol. The Morgan fingerprint density at radius 3 is 1.17 bits per heavy atom. The zero-order valence-corrected chi connectivity index (χ0v) is 34.1. The number of fused-ring (bicyclic) bond motifs is 1. The van der Waals surface area contributed by atoms with Crippen LogP contribution in [-0.4, -0.2) is 79.5 Å². The monoisotopic (exact) mass is 825 g/mol. The standard InChI is InChI=1S/C34H29N13O7S2.Li.Na/c35-18-1-11-26(24(37)15-18)44-40-20-3-7-22(8-4-20)42-46-32-28(55(49,50)51)13-17-14-29(56(52,53)54)33(34(48)30(17)31(32)39)47-43-23-9-5-21(6-10-23)41-45-27-12-2-19(36)16-25(27)38;;/h1-16,48H,35-39H2,(H,49,50,51)(H,52,53,54);;. The molecule has 0 spiro atoms. The summed E-state index contributed by atoms with van der Waals surface area (Å²) >= 11 is 0. The number of nitrogen functional groups attached to an aromatic ring is 5. The molecule has 58 heavy (non-hydrogen) atoms. The molecule has 13 N–H and O–H groups in total. The van der Waals surface area contributed by atoms with Crippen molar-refractivity contribution in [3.05, 3.63) is 97.1 Å². The maximum atomic E-state index is 12.5. The summed E-state index contributed by atoms with van der Waals surface area (Å²) in [4.78, 5) is -1.84. The smallest absolute Gasteiger partial charge is 0.296 e. The van der Waals surface area contributed by atoms with Gasteiger partial charge >= 0.3 is 0 Å². The first-order chi connectivity index (χ1) is 26.5. The molecule has 0 atom stereocenters. The number of aromatic hydroxyl groups is 1. The quantitative estimate of drug-likeness (QED) is 0.0283. The second-order valence-electron chi connectivity index (χ2n) is 11.7. The zero-order chi connectivity index (χ0) is 40.4. The Kier molecular flexibility index (Phi) is 14.1. The van der Waals surface area contributed by atoms with E-state index in [9.17, 15) is 31.0 Å². The average Bonchev–Trinajstić information content (AvgIpc) is 3.13. The minimum Gasteiger partial charge on any atom is -0.505 e. The number of benzene rings is 6. The molecule has 0 amide bonds. The van der Waals surface area contributed by atoms with E-state index in [1.807, 2.05) is 0 Å². The molecule has 0 bridgehead atoms. The van der Waals surface area contributed by atoms with Crippen molar-refractivity contribution in [1.82, 2.24) is 0 Å². The molecule has 6 aromatic carbocycles. The summed E-state index contributed by atoms with van der Waals surface area (Å²) in [6.07, 6.45) is 0. The Labute approximate surface area is 364 Å². The molecule has 6 rings (SSSR count). The van der Waals surface area contributed by atoms with Gasteiger partial charge in [-0.2, -0.15) is 37.3 Å². The van der Waals surface area contributed by atoms with Crippen LogP contribution in [0.2, 0.25) is 0 Å². The Bertz CT molecular complexity index is 2690. The minimum atomic E-state index is -5.12. The van der Waals surface area contributed by atoms with Crippen molar-refractivity contribution in [3.8, 4) is 5.75 Å². The first kappa shape index (κ1) is 44.9. The topological polar surface area (TPSA) is 358 Å². The number of nitrogens with two attached hydrogens (primary N) is 5. The molecule has 0 aliphatic heterocycles. The van der Waals surface area contributed by atoms with Crippen LogP contribution in [0.3, 0.4) is 0 Å². The van der Waals surface area contributed by atoms with Crippen molar-refractivity contribution in [2.75, 3.05) is 28.7 Å². The minimum absolute atomic E-state index is 0. The molecule has 0 aliphatic carbocycles. The molecule has 0 heterocycles. The third kappa shape index (κ3) is 10.4. The molecule has 6 aromatic rings. The summed E-state index contributed by atoms with van der Waals surface area (Å²) < 4.78 is 69.9. The molecule has 20 nitrogen and oxygen atoms in total. The first-order valence-corrected chi connectivity index (χ1v) is 18.6. The molecule has 0 aromatic heterocycles. The van der Waals surface area contributed by atoms with Crippen LogP contribution in [0.15, 0.2) is 148 Å². The van der Waals surface area contributed by atoms with E-state index in [0.29, 0.717) is 45.5 Å². The van der Waals surface area contributed by atoms with Gasteiger partial charge in [-0.3, -0.25) is 9.11 Å².